The second kappa shape index (κ2) is 6.52. The van der Waals surface area contributed by atoms with E-state index >= 15 is 0 Å². The van der Waals surface area contributed by atoms with Crippen molar-refractivity contribution in [1.82, 2.24) is 5.32 Å². The van der Waals surface area contributed by atoms with Crippen molar-refractivity contribution in [3.8, 4) is 0 Å². The smallest absolute Gasteiger partial charge is 0.429 e. The van der Waals surface area contributed by atoms with Crippen LogP contribution in [-0.2, 0) is 14.9 Å². The molecule has 1 fully saturated rings. The highest BCUT2D eigenvalue weighted by Crippen LogP contribution is 2.38. The van der Waals surface area contributed by atoms with Crippen LogP contribution in [0.5, 0.6) is 0 Å². The van der Waals surface area contributed by atoms with E-state index < -0.39 is 39.8 Å². The SMILES string of the molecule is O=C(NC1CCCCC1)OC(C(F)(F)F)C(F)(F)S(=O)(=O)O. The van der Waals surface area contributed by atoms with Gasteiger partial charge in [-0.1, -0.05) is 19.3 Å². The quantitative estimate of drug-likeness (QED) is 0.597. The maximum Gasteiger partial charge on any atom is 0.432 e. The molecule has 22 heavy (non-hydrogen) atoms. The van der Waals surface area contributed by atoms with Crippen molar-refractivity contribution in [3.63, 3.8) is 0 Å². The molecule has 1 saturated carbocycles. The summed E-state index contributed by atoms with van der Waals surface area (Å²) in [5.41, 5.74) is 0. The van der Waals surface area contributed by atoms with Gasteiger partial charge in [-0.3, -0.25) is 4.55 Å². The third-order valence-corrected chi connectivity index (χ3v) is 4.00. The monoisotopic (exact) mass is 355 g/mol. The van der Waals surface area contributed by atoms with E-state index in [9.17, 15) is 35.2 Å². The van der Waals surface area contributed by atoms with Gasteiger partial charge in [0, 0.05) is 6.04 Å². The Kier molecular flexibility index (Phi) is 5.60. The van der Waals surface area contributed by atoms with Gasteiger partial charge in [0.05, 0.1) is 0 Å². The highest BCUT2D eigenvalue weighted by atomic mass is 32.2. The van der Waals surface area contributed by atoms with Crippen LogP contribution >= 0.6 is 0 Å². The Hall–Kier alpha value is -1.17. The van der Waals surface area contributed by atoms with Crippen LogP contribution in [0.3, 0.4) is 0 Å². The molecule has 0 spiro atoms. The van der Waals surface area contributed by atoms with Crippen molar-refractivity contribution in [3.05, 3.63) is 0 Å². The highest BCUT2D eigenvalue weighted by Gasteiger charge is 2.66. The first kappa shape index (κ1) is 18.9. The zero-order valence-corrected chi connectivity index (χ0v) is 11.9. The van der Waals surface area contributed by atoms with Crippen molar-refractivity contribution in [1.29, 1.82) is 0 Å². The summed E-state index contributed by atoms with van der Waals surface area (Å²) in [5.74, 6) is 0. The predicted octanol–water partition coefficient (Wildman–Crippen LogP) is 2.46. The topological polar surface area (TPSA) is 92.7 Å². The molecule has 1 unspecified atom stereocenters. The van der Waals surface area contributed by atoms with Gasteiger partial charge >= 0.3 is 27.6 Å². The Morgan fingerprint density at radius 2 is 1.64 bits per heavy atom. The van der Waals surface area contributed by atoms with Crippen molar-refractivity contribution in [2.75, 3.05) is 0 Å². The molecule has 2 N–H and O–H groups in total. The summed E-state index contributed by atoms with van der Waals surface area (Å²) in [6.07, 6.45) is -8.84. The summed E-state index contributed by atoms with van der Waals surface area (Å²) in [4.78, 5) is 11.3. The summed E-state index contributed by atoms with van der Waals surface area (Å²) in [6, 6.07) is -0.533. The molecule has 1 aliphatic carbocycles. The van der Waals surface area contributed by atoms with Crippen LogP contribution in [0.2, 0.25) is 0 Å². The average molecular weight is 355 g/mol. The second-order valence-corrected chi connectivity index (χ2v) is 6.34. The van der Waals surface area contributed by atoms with Gasteiger partial charge < -0.3 is 10.1 Å². The molecule has 0 bridgehead atoms. The lowest BCUT2D eigenvalue weighted by Gasteiger charge is -2.28. The first-order chi connectivity index (χ1) is 9.85. The number of alkyl halides is 5. The lowest BCUT2D eigenvalue weighted by molar-refractivity contribution is -0.247. The molecule has 1 amide bonds. The zero-order chi connectivity index (χ0) is 17.2. The second-order valence-electron chi connectivity index (χ2n) is 4.84. The first-order valence-corrected chi connectivity index (χ1v) is 7.68. The molecule has 130 valence electrons. The van der Waals surface area contributed by atoms with Crippen molar-refractivity contribution < 1.29 is 44.5 Å². The minimum atomic E-state index is -6.42. The number of hydrogen-bond acceptors (Lipinski definition) is 4. The number of halogens is 5. The van der Waals surface area contributed by atoms with E-state index in [2.05, 4.69) is 4.74 Å². The summed E-state index contributed by atoms with van der Waals surface area (Å²) < 4.78 is 96.5. The lowest BCUT2D eigenvalue weighted by Crippen LogP contribution is -2.53. The molecule has 0 aromatic rings. The molecule has 0 aliphatic heterocycles. The van der Waals surface area contributed by atoms with Crippen molar-refractivity contribution in [2.24, 2.45) is 0 Å². The number of ether oxygens (including phenoxy) is 1. The Morgan fingerprint density at radius 3 is 2.05 bits per heavy atom. The van der Waals surface area contributed by atoms with Crippen LogP contribution in [0.25, 0.3) is 0 Å². The molecule has 1 atom stereocenters. The number of carbonyl (C=O) groups excluding carboxylic acids is 1. The normalized spacial score (nSPS) is 19.5. The summed E-state index contributed by atoms with van der Waals surface area (Å²) >= 11 is 0. The van der Waals surface area contributed by atoms with Crippen LogP contribution < -0.4 is 5.32 Å². The van der Waals surface area contributed by atoms with E-state index in [0.717, 1.165) is 6.42 Å². The Bertz CT molecular complexity index is 500. The first-order valence-electron chi connectivity index (χ1n) is 6.24. The van der Waals surface area contributed by atoms with Crippen LogP contribution in [0.15, 0.2) is 0 Å². The predicted molar refractivity (Wildman–Crippen MR) is 62.8 cm³/mol. The Balaban J connectivity index is 2.84. The number of hydrogen-bond donors (Lipinski definition) is 2. The standard InChI is InChI=1S/C10H14F5NO5S/c11-9(12,13)7(10(14,15)22(18,19)20)21-8(17)16-6-4-2-1-3-5-6/h6-7H,1-5H2,(H,16,17)(H,18,19,20). The van der Waals surface area contributed by atoms with Gasteiger partial charge in [0.15, 0.2) is 0 Å². The Labute approximate surface area is 122 Å². The van der Waals surface area contributed by atoms with Crippen LogP contribution in [-0.4, -0.2) is 42.6 Å². The van der Waals surface area contributed by atoms with Gasteiger partial charge in [-0.2, -0.15) is 30.4 Å². The molecule has 12 heteroatoms. The largest absolute Gasteiger partial charge is 0.432 e. The van der Waals surface area contributed by atoms with Gasteiger partial charge in [-0.25, -0.2) is 4.79 Å². The molecular weight excluding hydrogens is 341 g/mol. The minimum absolute atomic E-state index is 0.445. The lowest BCUT2D eigenvalue weighted by atomic mass is 9.96. The molecule has 6 nitrogen and oxygen atoms in total. The van der Waals surface area contributed by atoms with Gasteiger partial charge in [-0.15, -0.1) is 0 Å². The molecule has 0 radical (unpaired) electrons. The number of alkyl carbamates (subject to hydrolysis) is 1. The fourth-order valence-electron chi connectivity index (χ4n) is 2.02. The van der Waals surface area contributed by atoms with Gasteiger partial charge in [0.1, 0.15) is 0 Å². The van der Waals surface area contributed by atoms with E-state index in [1.54, 1.807) is 0 Å². The van der Waals surface area contributed by atoms with E-state index in [-0.39, 0.29) is 0 Å². The van der Waals surface area contributed by atoms with E-state index in [4.69, 9.17) is 4.55 Å². The third kappa shape index (κ3) is 4.66. The van der Waals surface area contributed by atoms with Crippen LogP contribution in [0.4, 0.5) is 26.7 Å². The van der Waals surface area contributed by atoms with Gasteiger partial charge in [-0.05, 0) is 12.8 Å². The maximum absolute atomic E-state index is 13.2. The van der Waals surface area contributed by atoms with Crippen LogP contribution in [0.1, 0.15) is 32.1 Å². The number of rotatable bonds is 4. The van der Waals surface area contributed by atoms with E-state index in [1.807, 2.05) is 5.32 Å². The summed E-state index contributed by atoms with van der Waals surface area (Å²) in [7, 11) is -6.42. The van der Waals surface area contributed by atoms with Crippen molar-refractivity contribution >= 4 is 16.2 Å². The van der Waals surface area contributed by atoms with Crippen LogP contribution in [0, 0.1) is 0 Å². The molecule has 1 aliphatic rings. The van der Waals surface area contributed by atoms with Gasteiger partial charge in [0.25, 0.3) is 6.10 Å². The Morgan fingerprint density at radius 1 is 1.14 bits per heavy atom. The average Bonchev–Trinajstić information content (AvgIpc) is 2.34. The molecular formula is C10H14F5NO5S. The fourth-order valence-corrected chi connectivity index (χ4v) is 2.47. The van der Waals surface area contributed by atoms with Crippen molar-refractivity contribution in [2.45, 2.75) is 55.7 Å². The summed E-state index contributed by atoms with van der Waals surface area (Å²) in [5, 5.41) is -3.74. The minimum Gasteiger partial charge on any atom is -0.429 e. The number of amides is 1. The summed E-state index contributed by atoms with van der Waals surface area (Å²) in [6.45, 7) is 0. The zero-order valence-electron chi connectivity index (χ0n) is 11.1. The van der Waals surface area contributed by atoms with Gasteiger partial charge in [0.2, 0.25) is 0 Å². The maximum atomic E-state index is 13.2. The highest BCUT2D eigenvalue weighted by molar-refractivity contribution is 7.86. The number of nitrogens with one attached hydrogen (secondary N) is 1. The third-order valence-electron chi connectivity index (χ3n) is 3.10. The molecule has 0 saturated heterocycles. The molecule has 0 aromatic heterocycles. The fraction of sp³-hybridized carbons (Fsp3) is 0.900. The van der Waals surface area contributed by atoms with E-state index in [0.29, 0.717) is 25.7 Å². The molecule has 0 heterocycles. The molecule has 1 rings (SSSR count). The number of carbonyl (C=O) groups is 1. The van der Waals surface area contributed by atoms with E-state index in [1.165, 1.54) is 0 Å². The molecule has 0 aromatic carbocycles.